The van der Waals surface area contributed by atoms with Gasteiger partial charge < -0.3 is 0 Å². The number of rotatable bonds is 4. The average Bonchev–Trinajstić information content (AvgIpc) is 3.23. The van der Waals surface area contributed by atoms with Gasteiger partial charge in [0, 0.05) is 18.7 Å². The summed E-state index contributed by atoms with van der Waals surface area (Å²) in [6, 6.07) is 4.79. The second-order valence-electron chi connectivity index (χ2n) is 7.62. The maximum atomic E-state index is 3.87. The molecule has 0 aliphatic heterocycles. The van der Waals surface area contributed by atoms with Gasteiger partial charge in [0.05, 0.1) is 0 Å². The van der Waals surface area contributed by atoms with Crippen LogP contribution < -0.4 is 0 Å². The van der Waals surface area contributed by atoms with Crippen molar-refractivity contribution in [2.24, 2.45) is 0 Å². The molecule has 0 saturated heterocycles. The number of hydrogen-bond acceptors (Lipinski definition) is 1. The molecule has 0 radical (unpaired) electrons. The maximum absolute atomic E-state index is 3.87. The van der Waals surface area contributed by atoms with Crippen LogP contribution in [0.1, 0.15) is 61.1 Å². The quantitative estimate of drug-likeness (QED) is 0.403. The molecule has 0 N–H and O–H groups in total. The van der Waals surface area contributed by atoms with Crippen LogP contribution in [0.25, 0.3) is 12.2 Å². The van der Waals surface area contributed by atoms with Gasteiger partial charge in [-0.2, -0.15) is 0 Å². The molecule has 0 spiro atoms. The van der Waals surface area contributed by atoms with Gasteiger partial charge in [-0.1, -0.05) is 80.8 Å². The van der Waals surface area contributed by atoms with E-state index in [0.717, 1.165) is 25.7 Å². The highest BCUT2D eigenvalue weighted by Crippen LogP contribution is 2.46. The third-order valence-corrected chi connectivity index (χ3v) is 8.65. The predicted molar refractivity (Wildman–Crippen MR) is 126 cm³/mol. The van der Waals surface area contributed by atoms with Crippen molar-refractivity contribution in [3.63, 3.8) is 0 Å². The number of halogens is 2. The van der Waals surface area contributed by atoms with E-state index < -0.39 is 0 Å². The molecule has 27 heavy (non-hydrogen) atoms. The summed E-state index contributed by atoms with van der Waals surface area (Å²) in [5, 5.41) is 0. The Hall–Kier alpha value is -0.770. The van der Waals surface area contributed by atoms with Gasteiger partial charge in [-0.15, -0.1) is 0 Å². The van der Waals surface area contributed by atoms with E-state index in [0.29, 0.717) is 0 Å². The molecule has 0 amide bonds. The van der Waals surface area contributed by atoms with Crippen LogP contribution in [-0.4, -0.2) is 0 Å². The highest BCUT2D eigenvalue weighted by atomic mass is 79.9. The summed E-state index contributed by atoms with van der Waals surface area (Å²) in [7, 11) is 0. The molecule has 0 heterocycles. The van der Waals surface area contributed by atoms with E-state index in [-0.39, 0.29) is 0 Å². The Labute approximate surface area is 183 Å². The molecule has 2 aromatic carbocycles. The molecule has 2 aliphatic carbocycles. The molecule has 2 aromatic rings. The first kappa shape index (κ1) is 19.5. The van der Waals surface area contributed by atoms with Crippen LogP contribution in [0.2, 0.25) is 0 Å². The summed E-state index contributed by atoms with van der Waals surface area (Å²) in [6.07, 6.45) is 8.99. The summed E-state index contributed by atoms with van der Waals surface area (Å²) in [5.74, 6) is 0. The zero-order chi connectivity index (χ0) is 19.3. The van der Waals surface area contributed by atoms with Crippen molar-refractivity contribution in [3.8, 4) is 0 Å². The first-order valence-corrected chi connectivity index (χ1v) is 12.0. The second-order valence-corrected chi connectivity index (χ2v) is 10.3. The van der Waals surface area contributed by atoms with Crippen molar-refractivity contribution in [2.75, 3.05) is 0 Å². The minimum atomic E-state index is 1.05. The number of hydrogen-bond donors (Lipinski definition) is 0. The molecule has 0 bridgehead atoms. The predicted octanol–water partition coefficient (Wildman–Crippen LogP) is 8.41. The Morgan fingerprint density at radius 2 is 1.19 bits per heavy atom. The molecule has 0 atom stereocenters. The van der Waals surface area contributed by atoms with E-state index in [4.69, 9.17) is 0 Å². The normalized spacial score (nSPS) is 14.9. The highest BCUT2D eigenvalue weighted by Gasteiger charge is 2.23. The van der Waals surface area contributed by atoms with Crippen molar-refractivity contribution in [3.05, 3.63) is 65.6 Å². The second kappa shape index (κ2) is 7.57. The summed E-state index contributed by atoms with van der Waals surface area (Å²) >= 11 is 9.69. The lowest BCUT2D eigenvalue weighted by Gasteiger charge is -2.17. The van der Waals surface area contributed by atoms with Gasteiger partial charge in [0.2, 0.25) is 0 Å². The zero-order valence-corrected chi connectivity index (χ0v) is 20.3. The summed E-state index contributed by atoms with van der Waals surface area (Å²) < 4.78 is 2.62. The molecule has 3 heteroatoms. The van der Waals surface area contributed by atoms with Crippen molar-refractivity contribution < 1.29 is 0 Å². The molecular formula is C24H24Br2S. The Kier molecular flexibility index (Phi) is 5.48. The molecule has 0 unspecified atom stereocenters. The number of fused-ring (bicyclic) bond motifs is 2. The Balaban J connectivity index is 1.87. The third kappa shape index (κ3) is 3.41. The molecule has 0 saturated carbocycles. The van der Waals surface area contributed by atoms with Crippen LogP contribution in [0.15, 0.2) is 42.0 Å². The lowest BCUT2D eigenvalue weighted by molar-refractivity contribution is 1.06. The summed E-state index contributed by atoms with van der Waals surface area (Å²) in [6.45, 7) is 8.97. The Bertz CT molecular complexity index is 931. The number of aryl methyl sites for hydroxylation is 2. The topological polar surface area (TPSA) is 0 Å². The largest absolute Gasteiger partial charge is 0.0888 e. The van der Waals surface area contributed by atoms with Crippen molar-refractivity contribution >= 4 is 55.8 Å². The highest BCUT2D eigenvalue weighted by molar-refractivity contribution is 9.10. The molecule has 0 aromatic heterocycles. The van der Waals surface area contributed by atoms with Crippen LogP contribution in [-0.2, 0) is 25.7 Å². The fourth-order valence-electron chi connectivity index (χ4n) is 4.14. The van der Waals surface area contributed by atoms with Crippen molar-refractivity contribution in [1.82, 2.24) is 0 Å². The fourth-order valence-corrected chi connectivity index (χ4v) is 6.86. The van der Waals surface area contributed by atoms with E-state index in [1.54, 1.807) is 0 Å². The Morgan fingerprint density at radius 3 is 1.56 bits per heavy atom. The average molecular weight is 504 g/mol. The van der Waals surface area contributed by atoms with Gasteiger partial charge in [0.1, 0.15) is 0 Å². The van der Waals surface area contributed by atoms with Crippen LogP contribution in [0, 0.1) is 0 Å². The first-order chi connectivity index (χ1) is 12.9. The van der Waals surface area contributed by atoms with E-state index in [2.05, 4.69) is 83.8 Å². The molecular weight excluding hydrogens is 480 g/mol. The zero-order valence-electron chi connectivity index (χ0n) is 16.3. The monoisotopic (exact) mass is 502 g/mol. The summed E-state index contributed by atoms with van der Waals surface area (Å²) in [4.78, 5) is 2.79. The molecule has 0 nitrogen and oxygen atoms in total. The van der Waals surface area contributed by atoms with Gasteiger partial charge in [-0.25, -0.2) is 0 Å². The molecule has 0 fully saturated rings. The van der Waals surface area contributed by atoms with E-state index >= 15 is 0 Å². The minimum Gasteiger partial charge on any atom is -0.0888 e. The lowest BCUT2D eigenvalue weighted by atomic mass is 10.0. The van der Waals surface area contributed by atoms with Crippen LogP contribution in [0.5, 0.6) is 0 Å². The van der Waals surface area contributed by atoms with Gasteiger partial charge in [-0.05, 0) is 85.0 Å². The van der Waals surface area contributed by atoms with Gasteiger partial charge in [0.15, 0.2) is 0 Å². The smallest absolute Gasteiger partial charge is 0.0249 e. The van der Waals surface area contributed by atoms with Gasteiger partial charge >= 0.3 is 0 Å². The van der Waals surface area contributed by atoms with E-state index in [1.165, 1.54) is 63.3 Å². The maximum Gasteiger partial charge on any atom is 0.0249 e. The van der Waals surface area contributed by atoms with Crippen LogP contribution in [0.4, 0.5) is 0 Å². The van der Waals surface area contributed by atoms with E-state index in [9.17, 15) is 0 Å². The molecule has 4 rings (SSSR count). The number of allylic oxidation sites excluding steroid dienone is 2. The first-order valence-electron chi connectivity index (χ1n) is 9.63. The van der Waals surface area contributed by atoms with Crippen LogP contribution >= 0.6 is 43.6 Å². The SMILES string of the molecule is CCc1cc(Sc2cc(CC)c(Br)c3c2C=C(C)C3)c2c(c1Br)CC(C)=C2. The number of benzene rings is 2. The fraction of sp³-hybridized carbons (Fsp3) is 0.333. The molecule has 2 aliphatic rings. The summed E-state index contributed by atoms with van der Waals surface area (Å²) in [5.41, 5.74) is 11.5. The van der Waals surface area contributed by atoms with E-state index in [1.807, 2.05) is 11.8 Å². The van der Waals surface area contributed by atoms with Crippen molar-refractivity contribution in [1.29, 1.82) is 0 Å². The van der Waals surface area contributed by atoms with Gasteiger partial charge in [-0.3, -0.25) is 0 Å². The third-order valence-electron chi connectivity index (χ3n) is 5.56. The minimum absolute atomic E-state index is 1.05. The standard InChI is InChI=1S/C24H24Br2S/c1-5-15-11-21(17-7-13(3)9-19(17)23(15)25)27-22-12-16(6-2)24(26)20-10-14(4)8-18(20)22/h7-8,11-12H,5-6,9-10H2,1-4H3. The van der Waals surface area contributed by atoms with Gasteiger partial charge in [0.25, 0.3) is 0 Å². The lowest BCUT2D eigenvalue weighted by Crippen LogP contribution is -1.97. The van der Waals surface area contributed by atoms with Crippen LogP contribution in [0.3, 0.4) is 0 Å². The van der Waals surface area contributed by atoms with Crippen molar-refractivity contribution in [2.45, 2.75) is 63.2 Å². The Morgan fingerprint density at radius 1 is 0.778 bits per heavy atom. The molecule has 140 valence electrons.